The Bertz CT molecular complexity index is 983. The van der Waals surface area contributed by atoms with Crippen LogP contribution in [0.3, 0.4) is 0 Å². The number of hydrogen-bond donors (Lipinski definition) is 4. The van der Waals surface area contributed by atoms with Crippen molar-refractivity contribution in [2.75, 3.05) is 25.2 Å². The SMILES string of the molecule is COC1(C(NC(=O)c2ccc(C#CC#CCCO)cc2)C(=O)NO)CS(=O)(=O)C1. The van der Waals surface area contributed by atoms with Gasteiger partial charge in [0.25, 0.3) is 11.8 Å². The molecule has 4 N–H and O–H groups in total. The van der Waals surface area contributed by atoms with Crippen LogP contribution in [-0.4, -0.2) is 67.4 Å². The summed E-state index contributed by atoms with van der Waals surface area (Å²) in [5.74, 6) is 8.07. The number of amides is 2. The summed E-state index contributed by atoms with van der Waals surface area (Å²) in [6.07, 6.45) is 0.334. The van der Waals surface area contributed by atoms with E-state index in [4.69, 9.17) is 15.1 Å². The van der Waals surface area contributed by atoms with Gasteiger partial charge in [0.05, 0.1) is 18.1 Å². The third-order valence-corrected chi connectivity index (χ3v) is 6.11. The fourth-order valence-electron chi connectivity index (χ4n) is 2.79. The van der Waals surface area contributed by atoms with Gasteiger partial charge in [-0.15, -0.1) is 0 Å². The number of hydrogen-bond acceptors (Lipinski definition) is 7. The maximum atomic E-state index is 12.5. The van der Waals surface area contributed by atoms with Gasteiger partial charge in [-0.1, -0.05) is 11.8 Å². The van der Waals surface area contributed by atoms with Crippen LogP contribution in [-0.2, 0) is 19.4 Å². The Labute approximate surface area is 168 Å². The zero-order chi connectivity index (χ0) is 21.5. The standard InChI is InChI=1S/C19H20N2O7S/c1-28-19(12-29(26,27)13-19)16(18(24)21-25)20-17(23)15-9-7-14(8-10-15)6-4-2-3-5-11-22/h7-10,16,22,25H,5,11-13H2,1H3,(H,20,23)(H,21,24). The molecule has 9 nitrogen and oxygen atoms in total. The summed E-state index contributed by atoms with van der Waals surface area (Å²) in [4.78, 5) is 24.6. The first-order valence-electron chi connectivity index (χ1n) is 8.47. The van der Waals surface area contributed by atoms with Crippen LogP contribution in [0, 0.1) is 23.7 Å². The first-order chi connectivity index (χ1) is 13.8. The minimum Gasteiger partial charge on any atom is -0.395 e. The summed E-state index contributed by atoms with van der Waals surface area (Å²) >= 11 is 0. The first-order valence-corrected chi connectivity index (χ1v) is 10.3. The number of hydroxylamine groups is 1. The molecule has 0 bridgehead atoms. The maximum Gasteiger partial charge on any atom is 0.268 e. The molecule has 154 valence electrons. The highest BCUT2D eigenvalue weighted by Crippen LogP contribution is 2.31. The minimum atomic E-state index is -3.39. The van der Waals surface area contributed by atoms with E-state index >= 15 is 0 Å². The highest BCUT2D eigenvalue weighted by molar-refractivity contribution is 7.93. The lowest BCUT2D eigenvalue weighted by Gasteiger charge is -2.44. The smallest absolute Gasteiger partial charge is 0.268 e. The highest BCUT2D eigenvalue weighted by atomic mass is 32.2. The molecule has 1 aliphatic heterocycles. The minimum absolute atomic E-state index is 0.0376. The van der Waals surface area contributed by atoms with E-state index in [9.17, 15) is 18.0 Å². The van der Waals surface area contributed by atoms with Crippen molar-refractivity contribution in [3.8, 4) is 23.7 Å². The van der Waals surface area contributed by atoms with Crippen molar-refractivity contribution in [3.05, 3.63) is 35.4 Å². The molecule has 0 saturated carbocycles. The number of nitrogens with one attached hydrogen (secondary N) is 2. The van der Waals surface area contributed by atoms with Gasteiger partial charge >= 0.3 is 0 Å². The van der Waals surface area contributed by atoms with Crippen molar-refractivity contribution in [2.45, 2.75) is 18.1 Å². The zero-order valence-electron chi connectivity index (χ0n) is 15.6. The molecule has 1 atom stereocenters. The Morgan fingerprint density at radius 2 is 1.90 bits per heavy atom. The molecule has 0 spiro atoms. The second-order valence-corrected chi connectivity index (χ2v) is 8.35. The molecular formula is C19H20N2O7S. The zero-order valence-corrected chi connectivity index (χ0v) is 16.4. The largest absolute Gasteiger partial charge is 0.395 e. The summed E-state index contributed by atoms with van der Waals surface area (Å²) in [5, 5.41) is 20.0. The van der Waals surface area contributed by atoms with Gasteiger partial charge in [-0.2, -0.15) is 0 Å². The molecule has 1 unspecified atom stereocenters. The number of carbonyl (C=O) groups excluding carboxylic acids is 2. The predicted molar refractivity (Wildman–Crippen MR) is 102 cm³/mol. The average Bonchev–Trinajstić information content (AvgIpc) is 2.69. The van der Waals surface area contributed by atoms with E-state index in [-0.39, 0.29) is 12.2 Å². The van der Waals surface area contributed by atoms with Gasteiger partial charge in [-0.25, -0.2) is 13.9 Å². The van der Waals surface area contributed by atoms with Crippen LogP contribution in [0.25, 0.3) is 0 Å². The number of aliphatic hydroxyl groups is 1. The van der Waals surface area contributed by atoms with E-state index in [0.717, 1.165) is 0 Å². The third kappa shape index (κ3) is 5.56. The van der Waals surface area contributed by atoms with Gasteiger partial charge in [-0.05, 0) is 36.1 Å². The number of rotatable bonds is 6. The molecule has 0 radical (unpaired) electrons. The Hall–Kier alpha value is -2.89. The second kappa shape index (κ2) is 9.54. The summed E-state index contributed by atoms with van der Waals surface area (Å²) < 4.78 is 28.4. The third-order valence-electron chi connectivity index (χ3n) is 4.25. The monoisotopic (exact) mass is 420 g/mol. The predicted octanol–water partition coefficient (Wildman–Crippen LogP) is -1.16. The fourth-order valence-corrected chi connectivity index (χ4v) is 4.76. The summed E-state index contributed by atoms with van der Waals surface area (Å²) in [5.41, 5.74) is 0.771. The summed E-state index contributed by atoms with van der Waals surface area (Å²) in [6, 6.07) is 4.71. The van der Waals surface area contributed by atoms with Gasteiger partial charge in [0.15, 0.2) is 9.84 Å². The van der Waals surface area contributed by atoms with E-state index in [0.29, 0.717) is 12.0 Å². The Kier molecular flexibility index (Phi) is 7.37. The molecule has 1 saturated heterocycles. The maximum absolute atomic E-state index is 12.5. The van der Waals surface area contributed by atoms with E-state index < -0.39 is 44.8 Å². The molecular weight excluding hydrogens is 400 g/mol. The highest BCUT2D eigenvalue weighted by Gasteiger charge is 2.57. The van der Waals surface area contributed by atoms with E-state index in [1.54, 1.807) is 12.1 Å². The van der Waals surface area contributed by atoms with Crippen molar-refractivity contribution in [1.29, 1.82) is 0 Å². The van der Waals surface area contributed by atoms with Gasteiger partial charge in [0.2, 0.25) is 0 Å². The number of sulfone groups is 1. The molecule has 1 aliphatic rings. The summed E-state index contributed by atoms with van der Waals surface area (Å²) in [6.45, 7) is -0.0376. The van der Waals surface area contributed by atoms with Gasteiger partial charge in [0, 0.05) is 24.7 Å². The van der Waals surface area contributed by atoms with E-state index in [2.05, 4.69) is 29.0 Å². The van der Waals surface area contributed by atoms with Crippen LogP contribution in [0.2, 0.25) is 0 Å². The molecule has 2 amide bonds. The number of carbonyl (C=O) groups is 2. The first kappa shape index (κ1) is 22.4. The Morgan fingerprint density at radius 3 is 2.41 bits per heavy atom. The normalized spacial score (nSPS) is 16.7. The molecule has 0 aromatic heterocycles. The van der Waals surface area contributed by atoms with Crippen LogP contribution in [0.15, 0.2) is 24.3 Å². The van der Waals surface area contributed by atoms with Crippen molar-refractivity contribution in [2.24, 2.45) is 0 Å². The number of methoxy groups -OCH3 is 1. The lowest BCUT2D eigenvalue weighted by Crippen LogP contribution is -2.71. The topological polar surface area (TPSA) is 142 Å². The van der Waals surface area contributed by atoms with Crippen LogP contribution >= 0.6 is 0 Å². The van der Waals surface area contributed by atoms with Crippen LogP contribution in [0.5, 0.6) is 0 Å². The van der Waals surface area contributed by atoms with Crippen LogP contribution < -0.4 is 10.8 Å². The fraction of sp³-hybridized carbons (Fsp3) is 0.368. The van der Waals surface area contributed by atoms with Gasteiger partial charge in [0.1, 0.15) is 11.6 Å². The lowest BCUT2D eigenvalue weighted by molar-refractivity contribution is -0.138. The average molecular weight is 420 g/mol. The van der Waals surface area contributed by atoms with Gasteiger partial charge < -0.3 is 15.2 Å². The molecule has 1 heterocycles. The summed E-state index contributed by atoms with van der Waals surface area (Å²) in [7, 11) is -2.16. The van der Waals surface area contributed by atoms with Crippen LogP contribution in [0.4, 0.5) is 0 Å². The molecule has 10 heteroatoms. The second-order valence-electron chi connectivity index (χ2n) is 6.29. The molecule has 1 fully saturated rings. The van der Waals surface area contributed by atoms with Crippen molar-refractivity contribution in [1.82, 2.24) is 10.8 Å². The van der Waals surface area contributed by atoms with Crippen LogP contribution in [0.1, 0.15) is 22.3 Å². The van der Waals surface area contributed by atoms with E-state index in [1.807, 2.05) is 0 Å². The lowest BCUT2D eigenvalue weighted by atomic mass is 9.95. The van der Waals surface area contributed by atoms with Crippen molar-refractivity contribution >= 4 is 21.7 Å². The number of benzene rings is 1. The van der Waals surface area contributed by atoms with Crippen molar-refractivity contribution < 1.29 is 33.1 Å². The number of ether oxygens (including phenoxy) is 1. The van der Waals surface area contributed by atoms with E-state index in [1.165, 1.54) is 24.7 Å². The number of aliphatic hydroxyl groups excluding tert-OH is 1. The molecule has 1 aromatic carbocycles. The molecule has 1 aromatic rings. The molecule has 29 heavy (non-hydrogen) atoms. The van der Waals surface area contributed by atoms with Gasteiger partial charge in [-0.3, -0.25) is 14.8 Å². The Balaban J connectivity index is 2.14. The molecule has 2 rings (SSSR count). The molecule has 0 aliphatic carbocycles. The van der Waals surface area contributed by atoms with Crippen molar-refractivity contribution in [3.63, 3.8) is 0 Å². The Morgan fingerprint density at radius 1 is 1.24 bits per heavy atom. The quantitative estimate of drug-likeness (QED) is 0.258.